The lowest BCUT2D eigenvalue weighted by atomic mass is 10.2. The Bertz CT molecular complexity index is 895. The number of aliphatic imine (C=N–C) groups is 1. The number of carboxylic acid groups (broad SMARTS) is 1. The van der Waals surface area contributed by atoms with Gasteiger partial charge >= 0.3 is 12.2 Å². The van der Waals surface area contributed by atoms with E-state index in [1.807, 2.05) is 0 Å². The van der Waals surface area contributed by atoms with Gasteiger partial charge in [-0.3, -0.25) is 4.99 Å². The fraction of sp³-hybridized carbons (Fsp3) is 0.211. The molecule has 2 aromatic rings. The van der Waals surface area contributed by atoms with Crippen molar-refractivity contribution in [3.63, 3.8) is 0 Å². The molecular formula is C19H17F2N3O4. The van der Waals surface area contributed by atoms with Crippen LogP contribution in [0.25, 0.3) is 0 Å². The lowest BCUT2D eigenvalue weighted by Gasteiger charge is -2.32. The van der Waals surface area contributed by atoms with Gasteiger partial charge in [-0.1, -0.05) is 0 Å². The van der Waals surface area contributed by atoms with Gasteiger partial charge < -0.3 is 19.6 Å². The lowest BCUT2D eigenvalue weighted by Crippen LogP contribution is -2.51. The van der Waals surface area contributed by atoms with Gasteiger partial charge in [-0.25, -0.2) is 18.4 Å². The summed E-state index contributed by atoms with van der Waals surface area (Å²) < 4.78 is 32.2. The molecule has 7 nitrogen and oxygen atoms in total. The summed E-state index contributed by atoms with van der Waals surface area (Å²) in [5.74, 6) is -0.991. The SMILES string of the molecule is O=C(O)N1CCN(C(=O)Oc2ccc(/C=N/c3ccc(F)cc3)c(F)c2)CC1. The van der Waals surface area contributed by atoms with Gasteiger partial charge in [0.05, 0.1) is 5.69 Å². The first kappa shape index (κ1) is 19.3. The standard InChI is InChI=1S/C19H17F2N3O4/c20-14-2-4-15(5-3-14)22-12-13-1-6-16(11-17(13)21)28-19(27)24-9-7-23(8-10-24)18(25)26/h1-6,11-12H,7-10H2,(H,25,26)/b22-12+. The van der Waals surface area contributed by atoms with Crippen molar-refractivity contribution in [1.29, 1.82) is 0 Å². The number of hydrogen-bond acceptors (Lipinski definition) is 4. The third kappa shape index (κ3) is 4.81. The van der Waals surface area contributed by atoms with Crippen LogP contribution in [0.15, 0.2) is 47.5 Å². The van der Waals surface area contributed by atoms with Gasteiger partial charge in [-0.2, -0.15) is 0 Å². The summed E-state index contributed by atoms with van der Waals surface area (Å²) in [5.41, 5.74) is 0.649. The summed E-state index contributed by atoms with van der Waals surface area (Å²) in [6.45, 7) is 0.793. The maximum Gasteiger partial charge on any atom is 0.415 e. The Balaban J connectivity index is 1.60. The zero-order valence-electron chi connectivity index (χ0n) is 14.7. The van der Waals surface area contributed by atoms with Crippen LogP contribution >= 0.6 is 0 Å². The lowest BCUT2D eigenvalue weighted by molar-refractivity contribution is 0.0973. The van der Waals surface area contributed by atoms with Crippen molar-refractivity contribution in [2.24, 2.45) is 4.99 Å². The normalized spacial score (nSPS) is 14.4. The van der Waals surface area contributed by atoms with Crippen LogP contribution in [0, 0.1) is 11.6 Å². The van der Waals surface area contributed by atoms with Crippen molar-refractivity contribution < 1.29 is 28.2 Å². The Labute approximate surface area is 159 Å². The van der Waals surface area contributed by atoms with Gasteiger partial charge in [0.1, 0.15) is 17.4 Å². The Morgan fingerprint density at radius 1 is 1.00 bits per heavy atom. The number of nitrogens with zero attached hydrogens (tertiary/aromatic N) is 3. The van der Waals surface area contributed by atoms with Crippen molar-refractivity contribution in [3.05, 3.63) is 59.7 Å². The van der Waals surface area contributed by atoms with Gasteiger partial charge in [0.2, 0.25) is 0 Å². The molecule has 3 rings (SSSR count). The fourth-order valence-corrected chi connectivity index (χ4v) is 2.59. The molecule has 9 heteroatoms. The second-order valence-corrected chi connectivity index (χ2v) is 6.04. The first-order chi connectivity index (χ1) is 13.4. The van der Waals surface area contributed by atoms with E-state index < -0.39 is 18.0 Å². The molecule has 0 aliphatic carbocycles. The minimum atomic E-state index is -1.03. The number of carbonyl (C=O) groups excluding carboxylic acids is 1. The number of benzene rings is 2. The molecule has 0 aromatic heterocycles. The van der Waals surface area contributed by atoms with Gasteiger partial charge in [-0.05, 0) is 36.4 Å². The Morgan fingerprint density at radius 2 is 1.64 bits per heavy atom. The molecule has 1 heterocycles. The van der Waals surface area contributed by atoms with E-state index in [0.717, 1.165) is 6.07 Å². The van der Waals surface area contributed by atoms with Crippen molar-refractivity contribution in [3.8, 4) is 5.75 Å². The van der Waals surface area contributed by atoms with Crippen LogP contribution in [-0.4, -0.2) is 59.5 Å². The van der Waals surface area contributed by atoms with Crippen molar-refractivity contribution in [2.75, 3.05) is 26.2 Å². The summed E-state index contributed by atoms with van der Waals surface area (Å²) in [7, 11) is 0. The summed E-state index contributed by atoms with van der Waals surface area (Å²) >= 11 is 0. The largest absolute Gasteiger partial charge is 0.465 e. The van der Waals surface area contributed by atoms with Crippen LogP contribution in [0.5, 0.6) is 5.75 Å². The Morgan fingerprint density at radius 3 is 2.25 bits per heavy atom. The predicted molar refractivity (Wildman–Crippen MR) is 97.2 cm³/mol. The predicted octanol–water partition coefficient (Wildman–Crippen LogP) is 3.51. The molecule has 0 saturated carbocycles. The molecule has 1 N–H and O–H groups in total. The molecule has 0 bridgehead atoms. The second kappa shape index (κ2) is 8.47. The number of piperazine rings is 1. The van der Waals surface area contributed by atoms with Gasteiger partial charge in [0, 0.05) is 44.0 Å². The maximum absolute atomic E-state index is 14.2. The highest BCUT2D eigenvalue weighted by atomic mass is 19.1. The molecule has 1 fully saturated rings. The van der Waals surface area contributed by atoms with Crippen LogP contribution in [0.3, 0.4) is 0 Å². The van der Waals surface area contributed by atoms with E-state index in [-0.39, 0.29) is 43.3 Å². The maximum atomic E-state index is 14.2. The van der Waals surface area contributed by atoms with Crippen LogP contribution in [0.2, 0.25) is 0 Å². The van der Waals surface area contributed by atoms with E-state index in [2.05, 4.69) is 4.99 Å². The minimum absolute atomic E-state index is 0.0297. The molecule has 0 radical (unpaired) electrons. The topological polar surface area (TPSA) is 82.4 Å². The third-order valence-corrected chi connectivity index (χ3v) is 4.16. The molecule has 0 spiro atoms. The highest BCUT2D eigenvalue weighted by Crippen LogP contribution is 2.18. The summed E-state index contributed by atoms with van der Waals surface area (Å²) in [6.07, 6.45) is -0.413. The molecule has 1 aliphatic rings. The average molecular weight is 389 g/mol. The number of ether oxygens (including phenoxy) is 1. The number of amides is 2. The van der Waals surface area contributed by atoms with E-state index in [1.54, 1.807) is 0 Å². The highest BCUT2D eigenvalue weighted by molar-refractivity contribution is 5.82. The van der Waals surface area contributed by atoms with E-state index in [0.29, 0.717) is 5.69 Å². The molecule has 0 unspecified atom stereocenters. The number of halogens is 2. The first-order valence-electron chi connectivity index (χ1n) is 8.46. The third-order valence-electron chi connectivity index (χ3n) is 4.16. The van der Waals surface area contributed by atoms with Gasteiger partial charge in [0.25, 0.3) is 0 Å². The van der Waals surface area contributed by atoms with Crippen LogP contribution in [0.1, 0.15) is 5.56 Å². The highest BCUT2D eigenvalue weighted by Gasteiger charge is 2.25. The summed E-state index contributed by atoms with van der Waals surface area (Å²) in [4.78, 5) is 29.6. The van der Waals surface area contributed by atoms with Crippen LogP contribution in [0.4, 0.5) is 24.1 Å². The molecule has 146 valence electrons. The molecule has 2 amide bonds. The van der Waals surface area contributed by atoms with E-state index in [4.69, 9.17) is 9.84 Å². The second-order valence-electron chi connectivity index (χ2n) is 6.04. The number of rotatable bonds is 3. The molecular weight excluding hydrogens is 372 g/mol. The van der Waals surface area contributed by atoms with E-state index in [1.165, 1.54) is 52.4 Å². The van der Waals surface area contributed by atoms with E-state index >= 15 is 0 Å². The zero-order chi connectivity index (χ0) is 20.1. The van der Waals surface area contributed by atoms with Gasteiger partial charge in [-0.15, -0.1) is 0 Å². The van der Waals surface area contributed by atoms with E-state index in [9.17, 15) is 18.4 Å². The monoisotopic (exact) mass is 389 g/mol. The fourth-order valence-electron chi connectivity index (χ4n) is 2.59. The smallest absolute Gasteiger partial charge is 0.415 e. The zero-order valence-corrected chi connectivity index (χ0v) is 14.7. The molecule has 1 aliphatic heterocycles. The molecule has 2 aromatic carbocycles. The summed E-state index contributed by atoms with van der Waals surface area (Å²) in [5, 5.41) is 8.91. The number of carbonyl (C=O) groups is 2. The minimum Gasteiger partial charge on any atom is -0.465 e. The van der Waals surface area contributed by atoms with Gasteiger partial charge in [0.15, 0.2) is 0 Å². The van der Waals surface area contributed by atoms with Crippen LogP contribution < -0.4 is 4.74 Å². The van der Waals surface area contributed by atoms with Crippen molar-refractivity contribution in [2.45, 2.75) is 0 Å². The summed E-state index contributed by atoms with van der Waals surface area (Å²) in [6, 6.07) is 9.34. The first-order valence-corrected chi connectivity index (χ1v) is 8.46. The van der Waals surface area contributed by atoms with Crippen molar-refractivity contribution >= 4 is 24.1 Å². The Kier molecular flexibility index (Phi) is 5.83. The van der Waals surface area contributed by atoms with Crippen LogP contribution in [-0.2, 0) is 0 Å². The Hall–Kier alpha value is -3.49. The molecule has 0 atom stereocenters. The molecule has 28 heavy (non-hydrogen) atoms. The average Bonchev–Trinajstić information content (AvgIpc) is 2.68. The quantitative estimate of drug-likeness (QED) is 0.815. The van der Waals surface area contributed by atoms with Crippen molar-refractivity contribution in [1.82, 2.24) is 9.80 Å². The number of hydrogen-bond donors (Lipinski definition) is 1. The molecule has 1 saturated heterocycles.